The van der Waals surface area contributed by atoms with Crippen LogP contribution < -0.4 is 5.73 Å². The van der Waals surface area contributed by atoms with Gasteiger partial charge in [-0.3, -0.25) is 4.79 Å². The van der Waals surface area contributed by atoms with E-state index in [9.17, 15) is 9.90 Å². The van der Waals surface area contributed by atoms with Gasteiger partial charge < -0.3 is 10.8 Å². The maximum Gasteiger partial charge on any atom is 0.160 e. The number of nitrogens with two attached hydrogens (primary N) is 1. The number of aromatic hydroxyl groups is 1. The number of Topliss-reactive ketones (excluding diaryl/α,β-unsaturated/α-hetero) is 1. The first-order valence-corrected chi connectivity index (χ1v) is 4.62. The van der Waals surface area contributed by atoms with E-state index in [2.05, 4.69) is 0 Å². The molecular weight excluding hydrogens is 190 g/mol. The average molecular weight is 201 g/mol. The fourth-order valence-corrected chi connectivity index (χ4v) is 1.67. The molecule has 3 nitrogen and oxygen atoms in total. The van der Waals surface area contributed by atoms with Crippen molar-refractivity contribution in [3.05, 3.63) is 35.9 Å². The van der Waals surface area contributed by atoms with Gasteiger partial charge in [0.25, 0.3) is 0 Å². The van der Waals surface area contributed by atoms with Crippen molar-refractivity contribution in [1.29, 1.82) is 0 Å². The molecule has 0 fully saturated rings. The molecule has 0 heterocycles. The number of fused-ring (bicyclic) bond motifs is 1. The highest BCUT2D eigenvalue weighted by atomic mass is 16.3. The van der Waals surface area contributed by atoms with Crippen LogP contribution >= 0.6 is 0 Å². The first-order chi connectivity index (χ1) is 7.11. The summed E-state index contributed by atoms with van der Waals surface area (Å²) in [5, 5.41) is 11.2. The number of phenolic OH excluding ortho intramolecular Hbond substituents is 1. The average Bonchev–Trinajstić information content (AvgIpc) is 2.23. The monoisotopic (exact) mass is 201 g/mol. The zero-order valence-electron chi connectivity index (χ0n) is 8.32. The van der Waals surface area contributed by atoms with Crippen molar-refractivity contribution >= 4 is 22.2 Å². The number of anilines is 1. The molecule has 2 aromatic carbocycles. The fraction of sp³-hybridized carbons (Fsp3) is 0.0833. The first kappa shape index (κ1) is 9.52. The van der Waals surface area contributed by atoms with E-state index in [0.29, 0.717) is 10.9 Å². The lowest BCUT2D eigenvalue weighted by molar-refractivity contribution is 0.101. The van der Waals surface area contributed by atoms with Gasteiger partial charge in [0.1, 0.15) is 5.75 Å². The third-order valence-corrected chi connectivity index (χ3v) is 2.43. The Kier molecular flexibility index (Phi) is 2.08. The summed E-state index contributed by atoms with van der Waals surface area (Å²) in [6, 6.07) is 8.72. The molecule has 0 saturated carbocycles. The van der Waals surface area contributed by atoms with E-state index in [1.807, 2.05) is 6.07 Å². The van der Waals surface area contributed by atoms with Crippen molar-refractivity contribution in [2.45, 2.75) is 6.92 Å². The Morgan fingerprint density at radius 2 is 2.00 bits per heavy atom. The quantitative estimate of drug-likeness (QED) is 0.423. The SMILES string of the molecule is CC(=O)c1cccc2ccc(N)c(O)c12. The number of phenols is 1. The third kappa shape index (κ3) is 1.42. The Hall–Kier alpha value is -2.03. The molecule has 0 aliphatic rings. The van der Waals surface area contributed by atoms with E-state index in [1.165, 1.54) is 6.92 Å². The van der Waals surface area contributed by atoms with E-state index in [-0.39, 0.29) is 17.2 Å². The van der Waals surface area contributed by atoms with Crippen molar-refractivity contribution in [3.8, 4) is 5.75 Å². The van der Waals surface area contributed by atoms with Crippen LogP contribution in [-0.4, -0.2) is 10.9 Å². The van der Waals surface area contributed by atoms with Crippen LogP contribution in [0.15, 0.2) is 30.3 Å². The molecule has 0 saturated heterocycles. The lowest BCUT2D eigenvalue weighted by Gasteiger charge is -2.07. The van der Waals surface area contributed by atoms with Gasteiger partial charge in [-0.05, 0) is 18.4 Å². The topological polar surface area (TPSA) is 63.3 Å². The summed E-state index contributed by atoms with van der Waals surface area (Å²) >= 11 is 0. The highest BCUT2D eigenvalue weighted by Crippen LogP contribution is 2.33. The molecule has 0 spiro atoms. The molecule has 2 rings (SSSR count). The molecule has 0 amide bonds. The molecule has 0 bridgehead atoms. The summed E-state index contributed by atoms with van der Waals surface area (Å²) in [6.45, 7) is 1.47. The van der Waals surface area contributed by atoms with Crippen LogP contribution in [0.5, 0.6) is 5.75 Å². The Balaban J connectivity index is 2.94. The minimum atomic E-state index is -0.0819. The van der Waals surface area contributed by atoms with Crippen LogP contribution in [-0.2, 0) is 0 Å². The van der Waals surface area contributed by atoms with Gasteiger partial charge >= 0.3 is 0 Å². The molecule has 0 unspecified atom stereocenters. The second-order valence-electron chi connectivity index (χ2n) is 3.46. The lowest BCUT2D eigenvalue weighted by Crippen LogP contribution is -1.95. The van der Waals surface area contributed by atoms with E-state index in [1.54, 1.807) is 24.3 Å². The van der Waals surface area contributed by atoms with E-state index in [4.69, 9.17) is 5.73 Å². The number of ketones is 1. The number of hydrogen-bond donors (Lipinski definition) is 2. The van der Waals surface area contributed by atoms with Gasteiger partial charge in [-0.25, -0.2) is 0 Å². The number of carbonyl (C=O) groups is 1. The summed E-state index contributed by atoms with van der Waals surface area (Å²) in [5.41, 5.74) is 6.38. The molecule has 15 heavy (non-hydrogen) atoms. The van der Waals surface area contributed by atoms with Crippen molar-refractivity contribution in [1.82, 2.24) is 0 Å². The fourth-order valence-electron chi connectivity index (χ4n) is 1.67. The molecule has 0 atom stereocenters. The summed E-state index contributed by atoms with van der Waals surface area (Å²) < 4.78 is 0. The van der Waals surface area contributed by atoms with Crippen LogP contribution in [0, 0.1) is 0 Å². The van der Waals surface area contributed by atoms with E-state index >= 15 is 0 Å². The van der Waals surface area contributed by atoms with Gasteiger partial charge in [-0.1, -0.05) is 24.3 Å². The number of hydrogen-bond acceptors (Lipinski definition) is 3. The molecular formula is C12H11NO2. The Bertz CT molecular complexity index is 547. The molecule has 0 aliphatic carbocycles. The first-order valence-electron chi connectivity index (χ1n) is 4.62. The van der Waals surface area contributed by atoms with Crippen LogP contribution in [0.3, 0.4) is 0 Å². The smallest absolute Gasteiger partial charge is 0.160 e. The minimum Gasteiger partial charge on any atom is -0.505 e. The lowest BCUT2D eigenvalue weighted by atomic mass is 10.0. The van der Waals surface area contributed by atoms with Crippen LogP contribution in [0.2, 0.25) is 0 Å². The van der Waals surface area contributed by atoms with Crippen LogP contribution in [0.1, 0.15) is 17.3 Å². The number of carbonyl (C=O) groups excluding carboxylic acids is 1. The number of benzene rings is 2. The highest BCUT2D eigenvalue weighted by Gasteiger charge is 2.10. The molecule has 0 aromatic heterocycles. The third-order valence-electron chi connectivity index (χ3n) is 2.43. The second kappa shape index (κ2) is 3.28. The van der Waals surface area contributed by atoms with Gasteiger partial charge in [-0.15, -0.1) is 0 Å². The van der Waals surface area contributed by atoms with Gasteiger partial charge in [0.2, 0.25) is 0 Å². The second-order valence-corrected chi connectivity index (χ2v) is 3.46. The molecule has 0 aliphatic heterocycles. The molecule has 0 radical (unpaired) electrons. The summed E-state index contributed by atoms with van der Waals surface area (Å²) in [6.07, 6.45) is 0. The zero-order valence-corrected chi connectivity index (χ0v) is 8.32. The number of nitrogen functional groups attached to an aromatic ring is 1. The zero-order chi connectivity index (χ0) is 11.0. The highest BCUT2D eigenvalue weighted by molar-refractivity contribution is 6.10. The number of rotatable bonds is 1. The summed E-state index contributed by atoms with van der Waals surface area (Å²) in [7, 11) is 0. The predicted molar refractivity (Wildman–Crippen MR) is 60.0 cm³/mol. The van der Waals surface area contributed by atoms with E-state index in [0.717, 1.165) is 5.39 Å². The summed E-state index contributed by atoms with van der Waals surface area (Å²) in [5.74, 6) is -0.0974. The Morgan fingerprint density at radius 3 is 2.67 bits per heavy atom. The van der Waals surface area contributed by atoms with Crippen molar-refractivity contribution < 1.29 is 9.90 Å². The maximum absolute atomic E-state index is 11.4. The minimum absolute atomic E-state index is 0.0155. The van der Waals surface area contributed by atoms with Gasteiger partial charge in [0.05, 0.1) is 5.69 Å². The molecule has 3 N–H and O–H groups in total. The molecule has 2 aromatic rings. The normalized spacial score (nSPS) is 10.5. The van der Waals surface area contributed by atoms with E-state index < -0.39 is 0 Å². The van der Waals surface area contributed by atoms with Gasteiger partial charge in [-0.2, -0.15) is 0 Å². The van der Waals surface area contributed by atoms with Gasteiger partial charge in [0, 0.05) is 10.9 Å². The predicted octanol–water partition coefficient (Wildman–Crippen LogP) is 2.33. The van der Waals surface area contributed by atoms with Crippen LogP contribution in [0.25, 0.3) is 10.8 Å². The maximum atomic E-state index is 11.4. The largest absolute Gasteiger partial charge is 0.505 e. The molecule has 76 valence electrons. The van der Waals surface area contributed by atoms with Gasteiger partial charge in [0.15, 0.2) is 5.78 Å². The van der Waals surface area contributed by atoms with Crippen molar-refractivity contribution in [3.63, 3.8) is 0 Å². The van der Waals surface area contributed by atoms with Crippen molar-refractivity contribution in [2.75, 3.05) is 5.73 Å². The van der Waals surface area contributed by atoms with Crippen molar-refractivity contribution in [2.24, 2.45) is 0 Å². The Labute approximate surface area is 87.1 Å². The Morgan fingerprint density at radius 1 is 1.27 bits per heavy atom. The van der Waals surface area contributed by atoms with Crippen LogP contribution in [0.4, 0.5) is 5.69 Å². The molecule has 3 heteroatoms. The summed E-state index contributed by atoms with van der Waals surface area (Å²) in [4.78, 5) is 11.4. The standard InChI is InChI=1S/C12H11NO2/c1-7(14)9-4-2-3-8-5-6-10(13)12(15)11(8)9/h2-6,15H,13H2,1H3.